The Hall–Kier alpha value is -2.64. The normalized spacial score (nSPS) is 11.2. The van der Waals surface area contributed by atoms with Crippen LogP contribution in [0.15, 0.2) is 53.0 Å². The molecule has 5 nitrogen and oxygen atoms in total. The lowest BCUT2D eigenvalue weighted by Crippen LogP contribution is -2.15. The van der Waals surface area contributed by atoms with Crippen molar-refractivity contribution in [2.24, 2.45) is 0 Å². The van der Waals surface area contributed by atoms with Crippen LogP contribution >= 0.6 is 23.1 Å². The zero-order valence-electron chi connectivity index (χ0n) is 17.3. The summed E-state index contributed by atoms with van der Waals surface area (Å²) in [5.41, 5.74) is 4.30. The van der Waals surface area contributed by atoms with E-state index in [4.69, 9.17) is 0 Å². The number of thioether (sulfide) groups is 1. The Labute approximate surface area is 184 Å². The predicted molar refractivity (Wildman–Crippen MR) is 126 cm³/mol. The van der Waals surface area contributed by atoms with Gasteiger partial charge in [0, 0.05) is 33.3 Å². The third-order valence-electron chi connectivity index (χ3n) is 5.01. The van der Waals surface area contributed by atoms with E-state index in [1.54, 1.807) is 11.3 Å². The van der Waals surface area contributed by atoms with E-state index in [1.165, 1.54) is 27.4 Å². The second-order valence-electron chi connectivity index (χ2n) is 7.24. The topological polar surface area (TPSA) is 59.8 Å². The van der Waals surface area contributed by atoms with Crippen LogP contribution in [-0.2, 0) is 11.3 Å². The van der Waals surface area contributed by atoms with Crippen LogP contribution in [0.2, 0.25) is 0 Å². The van der Waals surface area contributed by atoms with Crippen LogP contribution in [0.5, 0.6) is 0 Å². The van der Waals surface area contributed by atoms with Crippen molar-refractivity contribution in [1.82, 2.24) is 14.8 Å². The van der Waals surface area contributed by atoms with Crippen LogP contribution in [0.1, 0.15) is 24.5 Å². The molecule has 4 aromatic rings. The maximum atomic E-state index is 12.5. The quantitative estimate of drug-likeness (QED) is 0.366. The van der Waals surface area contributed by atoms with Gasteiger partial charge in [0.05, 0.1) is 5.75 Å². The predicted octanol–water partition coefficient (Wildman–Crippen LogP) is 5.92. The fourth-order valence-electron chi connectivity index (χ4n) is 3.32. The van der Waals surface area contributed by atoms with E-state index < -0.39 is 0 Å². The average Bonchev–Trinajstić information content (AvgIpc) is 3.33. The van der Waals surface area contributed by atoms with Gasteiger partial charge in [0.1, 0.15) is 0 Å². The Balaban J connectivity index is 1.52. The number of hydrogen-bond acceptors (Lipinski definition) is 5. The molecule has 2 aromatic carbocycles. The van der Waals surface area contributed by atoms with Gasteiger partial charge in [-0.2, -0.15) is 0 Å². The van der Waals surface area contributed by atoms with E-state index in [-0.39, 0.29) is 5.91 Å². The van der Waals surface area contributed by atoms with Crippen LogP contribution in [0.3, 0.4) is 0 Å². The van der Waals surface area contributed by atoms with E-state index in [9.17, 15) is 4.79 Å². The molecule has 0 saturated carbocycles. The van der Waals surface area contributed by atoms with Crippen molar-refractivity contribution in [3.8, 4) is 11.4 Å². The highest BCUT2D eigenvalue weighted by Gasteiger charge is 2.18. The number of aromatic nitrogens is 3. The van der Waals surface area contributed by atoms with Crippen molar-refractivity contribution in [2.45, 2.75) is 38.9 Å². The zero-order chi connectivity index (χ0) is 21.1. The van der Waals surface area contributed by atoms with Gasteiger partial charge in [-0.3, -0.25) is 4.79 Å². The van der Waals surface area contributed by atoms with E-state index in [1.807, 2.05) is 31.2 Å². The number of carbonyl (C=O) groups excluding carboxylic acids is 1. The van der Waals surface area contributed by atoms with Crippen LogP contribution in [0.25, 0.3) is 21.5 Å². The lowest BCUT2D eigenvalue weighted by molar-refractivity contribution is -0.113. The third-order valence-corrected chi connectivity index (χ3v) is 6.94. The molecule has 4 rings (SSSR count). The Morgan fingerprint density at radius 1 is 1.13 bits per heavy atom. The van der Waals surface area contributed by atoms with E-state index >= 15 is 0 Å². The molecule has 30 heavy (non-hydrogen) atoms. The molecule has 154 valence electrons. The molecule has 0 spiro atoms. The first kappa shape index (κ1) is 20.6. The molecule has 0 atom stereocenters. The summed E-state index contributed by atoms with van der Waals surface area (Å²) in [6, 6.07) is 14.3. The number of nitrogens with zero attached hydrogens (tertiary/aromatic N) is 3. The molecule has 0 aliphatic carbocycles. The third kappa shape index (κ3) is 4.27. The summed E-state index contributed by atoms with van der Waals surface area (Å²) in [5.74, 6) is 1.11. The summed E-state index contributed by atoms with van der Waals surface area (Å²) in [4.78, 5) is 12.5. The molecular formula is C23H24N4OS2. The maximum absolute atomic E-state index is 12.5. The molecule has 0 unspecified atom stereocenters. The SMILES string of the molecule is CCCn1c(SCC(=O)Nc2ccc(C)c(C)c2)nnc1-c1csc2ccccc12. The molecule has 1 N–H and O–H groups in total. The minimum absolute atomic E-state index is 0.0446. The van der Waals surface area contributed by atoms with Crippen molar-refractivity contribution < 1.29 is 4.79 Å². The minimum Gasteiger partial charge on any atom is -0.325 e. The summed E-state index contributed by atoms with van der Waals surface area (Å²) in [6.07, 6.45) is 0.968. The Kier molecular flexibility index (Phi) is 6.20. The molecule has 0 fully saturated rings. The smallest absolute Gasteiger partial charge is 0.234 e. The van der Waals surface area contributed by atoms with Crippen molar-refractivity contribution in [1.29, 1.82) is 0 Å². The first-order chi connectivity index (χ1) is 14.6. The number of benzene rings is 2. The fraction of sp³-hybridized carbons (Fsp3) is 0.261. The molecule has 2 aromatic heterocycles. The highest BCUT2D eigenvalue weighted by Crippen LogP contribution is 2.34. The number of amides is 1. The molecular weight excluding hydrogens is 412 g/mol. The largest absolute Gasteiger partial charge is 0.325 e. The number of rotatable bonds is 7. The fourth-order valence-corrected chi connectivity index (χ4v) is 5.02. The minimum atomic E-state index is -0.0446. The number of aryl methyl sites for hydroxylation is 2. The first-order valence-corrected chi connectivity index (χ1v) is 11.8. The summed E-state index contributed by atoms with van der Waals surface area (Å²) in [7, 11) is 0. The maximum Gasteiger partial charge on any atom is 0.234 e. The molecule has 0 radical (unpaired) electrons. The number of thiophene rings is 1. The van der Waals surface area contributed by atoms with Gasteiger partial charge >= 0.3 is 0 Å². The van der Waals surface area contributed by atoms with Gasteiger partial charge in [-0.05, 0) is 49.6 Å². The summed E-state index contributed by atoms with van der Waals surface area (Å²) < 4.78 is 3.36. The highest BCUT2D eigenvalue weighted by molar-refractivity contribution is 7.99. The highest BCUT2D eigenvalue weighted by atomic mass is 32.2. The van der Waals surface area contributed by atoms with Crippen LogP contribution in [0, 0.1) is 13.8 Å². The summed E-state index contributed by atoms with van der Waals surface area (Å²) in [6.45, 7) is 7.05. The van der Waals surface area contributed by atoms with Gasteiger partial charge in [-0.25, -0.2) is 0 Å². The van der Waals surface area contributed by atoms with E-state index in [0.29, 0.717) is 5.75 Å². The van der Waals surface area contributed by atoms with Gasteiger partial charge in [0.25, 0.3) is 0 Å². The average molecular weight is 437 g/mol. The molecule has 7 heteroatoms. The van der Waals surface area contributed by atoms with E-state index in [2.05, 4.69) is 57.5 Å². The lowest BCUT2D eigenvalue weighted by Gasteiger charge is -2.09. The Morgan fingerprint density at radius 2 is 1.97 bits per heavy atom. The van der Waals surface area contributed by atoms with Crippen LogP contribution in [-0.4, -0.2) is 26.4 Å². The number of hydrogen-bond donors (Lipinski definition) is 1. The van der Waals surface area contributed by atoms with Crippen molar-refractivity contribution >= 4 is 44.8 Å². The van der Waals surface area contributed by atoms with Gasteiger partial charge in [-0.15, -0.1) is 21.5 Å². The first-order valence-electron chi connectivity index (χ1n) is 9.96. The van der Waals surface area contributed by atoms with Crippen molar-refractivity contribution in [3.63, 3.8) is 0 Å². The lowest BCUT2D eigenvalue weighted by atomic mass is 10.1. The number of carbonyl (C=O) groups is 1. The van der Waals surface area contributed by atoms with E-state index in [0.717, 1.165) is 40.8 Å². The molecule has 0 bridgehead atoms. The van der Waals surface area contributed by atoms with Crippen molar-refractivity contribution in [3.05, 3.63) is 59.0 Å². The molecule has 0 aliphatic heterocycles. The summed E-state index contributed by atoms with van der Waals surface area (Å²) in [5, 5.41) is 16.0. The monoisotopic (exact) mass is 436 g/mol. The second-order valence-corrected chi connectivity index (χ2v) is 9.09. The van der Waals surface area contributed by atoms with Crippen LogP contribution in [0.4, 0.5) is 5.69 Å². The Morgan fingerprint density at radius 3 is 2.77 bits per heavy atom. The molecule has 0 saturated heterocycles. The van der Waals surface area contributed by atoms with Crippen molar-refractivity contribution in [2.75, 3.05) is 11.1 Å². The molecule has 1 amide bonds. The standard InChI is InChI=1S/C23H24N4OS2/c1-4-11-27-22(19-13-29-20-8-6-5-7-18(19)20)25-26-23(27)30-14-21(28)24-17-10-9-15(2)16(3)12-17/h5-10,12-13H,4,11,14H2,1-3H3,(H,24,28). The van der Waals surface area contributed by atoms with Gasteiger partial charge in [0.15, 0.2) is 11.0 Å². The number of nitrogens with one attached hydrogen (secondary N) is 1. The molecule has 0 aliphatic rings. The summed E-state index contributed by atoms with van der Waals surface area (Å²) >= 11 is 3.14. The van der Waals surface area contributed by atoms with Gasteiger partial charge in [-0.1, -0.05) is 43.0 Å². The second kappa shape index (κ2) is 9.02. The molecule has 2 heterocycles. The van der Waals surface area contributed by atoms with Gasteiger partial charge in [0.2, 0.25) is 5.91 Å². The Bertz CT molecular complexity index is 1200. The number of fused-ring (bicyclic) bond motifs is 1. The van der Waals surface area contributed by atoms with Crippen LogP contribution < -0.4 is 5.32 Å². The zero-order valence-corrected chi connectivity index (χ0v) is 18.9. The van der Waals surface area contributed by atoms with Gasteiger partial charge < -0.3 is 9.88 Å². The number of anilines is 1.